The van der Waals surface area contributed by atoms with Gasteiger partial charge in [0.25, 0.3) is 0 Å². The summed E-state index contributed by atoms with van der Waals surface area (Å²) in [6, 6.07) is 4.50. The normalized spacial score (nSPS) is 17.4. The number of amides is 1. The molecule has 0 radical (unpaired) electrons. The number of ether oxygens (including phenoxy) is 2. The standard InChI is InChI=1S/C22H30N4O5S2/c1-25(33(28,29)18-7-8-19-20(13-18)31-12-6-11-30-19)15-21(27)24-22-23-17(16-32-22)14-26-9-4-2-3-5-10-26/h7-8,13,16H,2-6,9-12,14-15H2,1H3,(H,23,24,27). The molecule has 2 aliphatic rings. The van der Waals surface area contributed by atoms with Crippen LogP contribution in [0.1, 0.15) is 37.8 Å². The maximum atomic E-state index is 13.0. The molecule has 0 saturated carbocycles. The molecule has 1 saturated heterocycles. The number of nitrogens with one attached hydrogen (secondary N) is 1. The van der Waals surface area contributed by atoms with Crippen molar-refractivity contribution >= 4 is 32.4 Å². The van der Waals surface area contributed by atoms with Gasteiger partial charge in [0.15, 0.2) is 16.6 Å². The first-order valence-electron chi connectivity index (χ1n) is 11.2. The van der Waals surface area contributed by atoms with Crippen molar-refractivity contribution in [3.8, 4) is 11.5 Å². The Kier molecular flexibility index (Phi) is 7.84. The second kappa shape index (κ2) is 10.8. The molecule has 0 atom stereocenters. The Morgan fingerprint density at radius 2 is 1.85 bits per heavy atom. The Balaban J connectivity index is 1.34. The summed E-state index contributed by atoms with van der Waals surface area (Å²) < 4.78 is 38.1. The van der Waals surface area contributed by atoms with Crippen molar-refractivity contribution in [1.29, 1.82) is 0 Å². The van der Waals surface area contributed by atoms with E-state index in [1.807, 2.05) is 5.38 Å². The molecule has 1 amide bonds. The first-order chi connectivity index (χ1) is 15.9. The molecule has 2 aliphatic heterocycles. The molecule has 1 aromatic heterocycles. The molecule has 2 aromatic rings. The smallest absolute Gasteiger partial charge is 0.243 e. The minimum Gasteiger partial charge on any atom is -0.490 e. The second-order valence-electron chi connectivity index (χ2n) is 8.30. The van der Waals surface area contributed by atoms with Gasteiger partial charge in [0.05, 0.1) is 30.3 Å². The van der Waals surface area contributed by atoms with Gasteiger partial charge in [-0.1, -0.05) is 12.8 Å². The highest BCUT2D eigenvalue weighted by molar-refractivity contribution is 7.89. The van der Waals surface area contributed by atoms with Crippen LogP contribution in [0.5, 0.6) is 11.5 Å². The van der Waals surface area contributed by atoms with E-state index in [2.05, 4.69) is 15.2 Å². The molecule has 11 heteroatoms. The number of likely N-dealkylation sites (N-methyl/N-ethyl adjacent to an activating group) is 1. The van der Waals surface area contributed by atoms with Crippen LogP contribution in [0.15, 0.2) is 28.5 Å². The number of fused-ring (bicyclic) bond motifs is 1. The van der Waals surface area contributed by atoms with Crippen molar-refractivity contribution in [3.63, 3.8) is 0 Å². The Morgan fingerprint density at radius 1 is 1.12 bits per heavy atom. The SMILES string of the molecule is CN(CC(=O)Nc1nc(CN2CCCCCC2)cs1)S(=O)(=O)c1ccc2c(c1)OCCCO2. The van der Waals surface area contributed by atoms with Crippen LogP contribution in [0, 0.1) is 0 Å². The van der Waals surface area contributed by atoms with E-state index >= 15 is 0 Å². The fraction of sp³-hybridized carbons (Fsp3) is 0.545. The van der Waals surface area contributed by atoms with Crippen LogP contribution >= 0.6 is 11.3 Å². The lowest BCUT2D eigenvalue weighted by atomic mass is 10.2. The molecular weight excluding hydrogens is 464 g/mol. The number of rotatable bonds is 7. The van der Waals surface area contributed by atoms with Crippen LogP contribution in [0.2, 0.25) is 0 Å². The molecule has 3 heterocycles. The predicted octanol–water partition coefficient (Wildman–Crippen LogP) is 2.94. The first kappa shape index (κ1) is 23.9. The van der Waals surface area contributed by atoms with Crippen molar-refractivity contribution < 1.29 is 22.7 Å². The highest BCUT2D eigenvalue weighted by Gasteiger charge is 2.25. The summed E-state index contributed by atoms with van der Waals surface area (Å²) in [4.78, 5) is 19.5. The monoisotopic (exact) mass is 494 g/mol. The average molecular weight is 495 g/mol. The van der Waals surface area contributed by atoms with E-state index in [0.717, 1.165) is 36.1 Å². The summed E-state index contributed by atoms with van der Waals surface area (Å²) in [6.45, 7) is 3.57. The van der Waals surface area contributed by atoms with Crippen LogP contribution in [0.4, 0.5) is 5.13 Å². The maximum absolute atomic E-state index is 13.0. The zero-order chi connectivity index (χ0) is 23.3. The maximum Gasteiger partial charge on any atom is 0.243 e. The average Bonchev–Trinajstić information content (AvgIpc) is 2.97. The van der Waals surface area contributed by atoms with Crippen molar-refractivity contribution in [2.75, 3.05) is 45.2 Å². The summed E-state index contributed by atoms with van der Waals surface area (Å²) in [6.07, 6.45) is 5.69. The van der Waals surface area contributed by atoms with Gasteiger partial charge in [0, 0.05) is 31.5 Å². The Labute approximate surface area is 198 Å². The van der Waals surface area contributed by atoms with Crippen LogP contribution in [0.3, 0.4) is 0 Å². The number of hydrogen-bond acceptors (Lipinski definition) is 8. The van der Waals surface area contributed by atoms with Crippen molar-refractivity contribution in [3.05, 3.63) is 29.3 Å². The fourth-order valence-corrected chi connectivity index (χ4v) is 5.75. The third-order valence-corrected chi connectivity index (χ3v) is 8.28. The van der Waals surface area contributed by atoms with Crippen LogP contribution in [-0.2, 0) is 21.4 Å². The molecule has 180 valence electrons. The van der Waals surface area contributed by atoms with Gasteiger partial charge in [-0.15, -0.1) is 11.3 Å². The van der Waals surface area contributed by atoms with Gasteiger partial charge in [0.1, 0.15) is 0 Å². The number of hydrogen-bond donors (Lipinski definition) is 1. The highest BCUT2D eigenvalue weighted by Crippen LogP contribution is 2.32. The molecule has 0 bridgehead atoms. The Morgan fingerprint density at radius 3 is 2.61 bits per heavy atom. The van der Waals surface area contributed by atoms with Gasteiger partial charge >= 0.3 is 0 Å². The van der Waals surface area contributed by atoms with Gasteiger partial charge in [-0.05, 0) is 38.1 Å². The molecule has 33 heavy (non-hydrogen) atoms. The van der Waals surface area contributed by atoms with Crippen LogP contribution in [0.25, 0.3) is 0 Å². The molecular formula is C22H30N4O5S2. The zero-order valence-corrected chi connectivity index (χ0v) is 20.4. The number of benzene rings is 1. The minimum atomic E-state index is -3.88. The van der Waals surface area contributed by atoms with Gasteiger partial charge < -0.3 is 14.8 Å². The van der Waals surface area contributed by atoms with Gasteiger partial charge in [0.2, 0.25) is 15.9 Å². The van der Waals surface area contributed by atoms with Gasteiger partial charge in [-0.2, -0.15) is 4.31 Å². The lowest BCUT2D eigenvalue weighted by Crippen LogP contribution is -2.35. The Hall–Kier alpha value is -2.21. The van der Waals surface area contributed by atoms with E-state index in [4.69, 9.17) is 9.47 Å². The zero-order valence-electron chi connectivity index (χ0n) is 18.8. The number of sulfonamides is 1. The fourth-order valence-electron chi connectivity index (χ4n) is 3.89. The molecule has 0 unspecified atom stereocenters. The topological polar surface area (TPSA) is 101 Å². The van der Waals surface area contributed by atoms with Crippen LogP contribution in [-0.4, -0.2) is 68.4 Å². The van der Waals surface area contributed by atoms with Gasteiger partial charge in [-0.25, -0.2) is 13.4 Å². The Bertz CT molecular complexity index is 1060. The summed E-state index contributed by atoms with van der Waals surface area (Å²) in [5, 5.41) is 5.14. The third-order valence-electron chi connectivity index (χ3n) is 5.68. The number of anilines is 1. The largest absolute Gasteiger partial charge is 0.490 e. The van der Waals surface area contributed by atoms with E-state index in [9.17, 15) is 13.2 Å². The molecule has 0 spiro atoms. The molecule has 9 nitrogen and oxygen atoms in total. The predicted molar refractivity (Wildman–Crippen MR) is 126 cm³/mol. The highest BCUT2D eigenvalue weighted by atomic mass is 32.2. The molecule has 1 N–H and O–H groups in total. The summed E-state index contributed by atoms with van der Waals surface area (Å²) >= 11 is 1.35. The van der Waals surface area contributed by atoms with E-state index in [1.165, 1.54) is 56.2 Å². The summed E-state index contributed by atoms with van der Waals surface area (Å²) in [5.41, 5.74) is 0.922. The minimum absolute atomic E-state index is 0.0519. The molecule has 1 fully saturated rings. The lowest BCUT2D eigenvalue weighted by molar-refractivity contribution is -0.116. The first-order valence-corrected chi connectivity index (χ1v) is 13.6. The van der Waals surface area contributed by atoms with Gasteiger partial charge in [-0.3, -0.25) is 9.69 Å². The van der Waals surface area contributed by atoms with Crippen molar-refractivity contribution in [1.82, 2.24) is 14.2 Å². The third kappa shape index (κ3) is 6.23. The van der Waals surface area contributed by atoms with Crippen molar-refractivity contribution in [2.24, 2.45) is 0 Å². The second-order valence-corrected chi connectivity index (χ2v) is 11.2. The van der Waals surface area contributed by atoms with E-state index < -0.39 is 15.9 Å². The quantitative estimate of drug-likeness (QED) is 0.632. The van der Waals surface area contributed by atoms with E-state index in [1.54, 1.807) is 6.07 Å². The number of likely N-dealkylation sites (tertiary alicyclic amines) is 1. The molecule has 1 aromatic carbocycles. The number of carbonyl (C=O) groups is 1. The molecule has 0 aliphatic carbocycles. The van der Waals surface area contributed by atoms with E-state index in [-0.39, 0.29) is 11.4 Å². The summed E-state index contributed by atoms with van der Waals surface area (Å²) in [5.74, 6) is 0.476. The number of aromatic nitrogens is 1. The number of carbonyl (C=O) groups excluding carboxylic acids is 1. The molecule has 4 rings (SSSR count). The van der Waals surface area contributed by atoms with Crippen molar-refractivity contribution in [2.45, 2.75) is 43.5 Å². The van der Waals surface area contributed by atoms with Crippen LogP contribution < -0.4 is 14.8 Å². The van der Waals surface area contributed by atoms with E-state index in [0.29, 0.717) is 29.8 Å². The number of thiazole rings is 1. The number of nitrogens with zero attached hydrogens (tertiary/aromatic N) is 3. The summed E-state index contributed by atoms with van der Waals surface area (Å²) in [7, 11) is -2.50. The lowest BCUT2D eigenvalue weighted by Gasteiger charge is -2.18.